The van der Waals surface area contributed by atoms with Crippen LogP contribution in [0, 0.1) is 11.8 Å². The lowest BCUT2D eigenvalue weighted by Crippen LogP contribution is -2.49. The zero-order valence-electron chi connectivity index (χ0n) is 18.9. The van der Waals surface area contributed by atoms with Gasteiger partial charge in [0.1, 0.15) is 11.8 Å². The number of hydrogen-bond acceptors (Lipinski definition) is 5. The monoisotopic (exact) mass is 441 g/mol. The third-order valence-electron chi connectivity index (χ3n) is 6.27. The van der Waals surface area contributed by atoms with E-state index in [2.05, 4.69) is 5.32 Å². The van der Waals surface area contributed by atoms with E-state index in [1.165, 1.54) is 16.8 Å². The lowest BCUT2D eigenvalue weighted by atomic mass is 9.85. The van der Waals surface area contributed by atoms with Crippen LogP contribution in [0.5, 0.6) is 5.75 Å². The topological polar surface area (TPSA) is 96.0 Å². The minimum Gasteiger partial charge on any atom is -0.497 e. The van der Waals surface area contributed by atoms with E-state index >= 15 is 0 Å². The summed E-state index contributed by atoms with van der Waals surface area (Å²) in [5.74, 6) is -0.905. The van der Waals surface area contributed by atoms with Crippen LogP contribution < -0.4 is 10.1 Å². The molecule has 0 unspecified atom stereocenters. The molecule has 4 amide bonds. The number of likely N-dealkylation sites (tertiary alicyclic amines) is 1. The number of nitrogens with one attached hydrogen (secondary N) is 1. The van der Waals surface area contributed by atoms with E-state index in [1.54, 1.807) is 7.11 Å². The number of fused-ring (bicyclic) bond motifs is 1. The quantitative estimate of drug-likeness (QED) is 0.466. The maximum atomic E-state index is 13.3. The first-order valence-corrected chi connectivity index (χ1v) is 11.0. The van der Waals surface area contributed by atoms with Crippen LogP contribution >= 0.6 is 0 Å². The molecule has 32 heavy (non-hydrogen) atoms. The molecule has 0 spiro atoms. The fraction of sp³-hybridized carbons (Fsp3) is 0.500. The molecular weight excluding hydrogens is 410 g/mol. The lowest BCUT2D eigenvalue weighted by Gasteiger charge is -2.31. The maximum absolute atomic E-state index is 13.3. The highest BCUT2D eigenvalue weighted by Crippen LogP contribution is 2.35. The zero-order chi connectivity index (χ0) is 23.3. The van der Waals surface area contributed by atoms with E-state index in [0.29, 0.717) is 25.0 Å². The third-order valence-corrected chi connectivity index (χ3v) is 6.27. The molecule has 8 heteroatoms. The van der Waals surface area contributed by atoms with Gasteiger partial charge in [0.15, 0.2) is 0 Å². The minimum atomic E-state index is -0.657. The van der Waals surface area contributed by atoms with Crippen molar-refractivity contribution in [1.82, 2.24) is 15.1 Å². The number of ether oxygens (including phenoxy) is 1. The zero-order valence-corrected chi connectivity index (χ0v) is 18.9. The van der Waals surface area contributed by atoms with Crippen LogP contribution in [0.3, 0.4) is 0 Å². The van der Waals surface area contributed by atoms with E-state index < -0.39 is 6.04 Å². The molecule has 1 aromatic carbocycles. The van der Waals surface area contributed by atoms with Gasteiger partial charge in [-0.1, -0.05) is 31.2 Å². The number of rotatable bonds is 9. The molecule has 1 heterocycles. The Labute approximate surface area is 188 Å². The van der Waals surface area contributed by atoms with Crippen molar-refractivity contribution in [3.63, 3.8) is 0 Å². The predicted octanol–water partition coefficient (Wildman–Crippen LogP) is 1.89. The minimum absolute atomic E-state index is 0.0260. The smallest absolute Gasteiger partial charge is 0.242 e. The fourth-order valence-electron chi connectivity index (χ4n) is 4.49. The molecule has 1 N–H and O–H groups in total. The van der Waals surface area contributed by atoms with Gasteiger partial charge in [0.2, 0.25) is 23.6 Å². The number of allylic oxidation sites excluding steroid dienone is 2. The Kier molecular flexibility index (Phi) is 7.66. The number of imide groups is 1. The summed E-state index contributed by atoms with van der Waals surface area (Å²) < 4.78 is 5.27. The average Bonchev–Trinajstić information content (AvgIpc) is 3.06. The molecule has 0 radical (unpaired) electrons. The van der Waals surface area contributed by atoms with Crippen molar-refractivity contribution in [2.24, 2.45) is 11.8 Å². The van der Waals surface area contributed by atoms with Crippen LogP contribution in [0.15, 0.2) is 36.4 Å². The molecule has 3 atom stereocenters. The van der Waals surface area contributed by atoms with Crippen molar-refractivity contribution in [3.8, 4) is 5.75 Å². The van der Waals surface area contributed by atoms with Crippen LogP contribution in [-0.2, 0) is 25.7 Å². The van der Waals surface area contributed by atoms with E-state index in [1.807, 2.05) is 43.3 Å². The van der Waals surface area contributed by atoms with Crippen molar-refractivity contribution in [2.45, 2.75) is 45.2 Å². The Bertz CT molecular complexity index is 887. The molecule has 1 fully saturated rings. The second kappa shape index (κ2) is 10.4. The molecule has 1 saturated heterocycles. The predicted molar refractivity (Wildman–Crippen MR) is 118 cm³/mol. The SMILES string of the molecule is CC[C@H](C(=O)NC)N(Cc1cccc(OC)c1)C(=O)CCN1C(=O)[C@H]2CC=CC[C@H]2C1=O. The van der Waals surface area contributed by atoms with Crippen LogP contribution in [0.1, 0.15) is 38.2 Å². The summed E-state index contributed by atoms with van der Waals surface area (Å²) in [6.45, 7) is 2.10. The molecule has 1 aliphatic heterocycles. The number of carbonyl (C=O) groups is 4. The van der Waals surface area contributed by atoms with Crippen molar-refractivity contribution in [2.75, 3.05) is 20.7 Å². The number of benzene rings is 1. The van der Waals surface area contributed by atoms with Gasteiger partial charge in [0.25, 0.3) is 0 Å². The summed E-state index contributed by atoms with van der Waals surface area (Å²) in [6, 6.07) is 6.67. The number of amides is 4. The molecule has 0 bridgehead atoms. The number of carbonyl (C=O) groups excluding carboxylic acids is 4. The fourth-order valence-corrected chi connectivity index (χ4v) is 4.49. The summed E-state index contributed by atoms with van der Waals surface area (Å²) in [4.78, 5) is 53.9. The van der Waals surface area contributed by atoms with Gasteiger partial charge in [-0.05, 0) is 37.0 Å². The largest absolute Gasteiger partial charge is 0.497 e. The summed E-state index contributed by atoms with van der Waals surface area (Å²) in [6.07, 6.45) is 5.42. The number of hydrogen-bond donors (Lipinski definition) is 1. The molecular formula is C24H31N3O5. The highest BCUT2D eigenvalue weighted by Gasteiger charge is 2.47. The summed E-state index contributed by atoms with van der Waals surface area (Å²) in [5, 5.41) is 2.62. The Morgan fingerprint density at radius 3 is 2.41 bits per heavy atom. The molecule has 0 saturated carbocycles. The first kappa shape index (κ1) is 23.5. The van der Waals surface area contributed by atoms with Gasteiger partial charge < -0.3 is 15.0 Å². The van der Waals surface area contributed by atoms with E-state index in [4.69, 9.17) is 4.74 Å². The second-order valence-electron chi connectivity index (χ2n) is 8.15. The van der Waals surface area contributed by atoms with Crippen molar-refractivity contribution in [1.29, 1.82) is 0 Å². The van der Waals surface area contributed by atoms with Gasteiger partial charge in [-0.3, -0.25) is 24.1 Å². The van der Waals surface area contributed by atoms with Crippen LogP contribution in [0.25, 0.3) is 0 Å². The molecule has 3 rings (SSSR count). The van der Waals surface area contributed by atoms with Crippen molar-refractivity contribution >= 4 is 23.6 Å². The molecule has 172 valence electrons. The third kappa shape index (κ3) is 4.84. The highest BCUT2D eigenvalue weighted by molar-refractivity contribution is 6.05. The molecule has 1 aromatic rings. The maximum Gasteiger partial charge on any atom is 0.242 e. The number of likely N-dealkylation sites (N-methyl/N-ethyl adjacent to an activating group) is 1. The first-order valence-electron chi connectivity index (χ1n) is 11.0. The van der Waals surface area contributed by atoms with Gasteiger partial charge in [-0.25, -0.2) is 0 Å². The Morgan fingerprint density at radius 1 is 1.19 bits per heavy atom. The van der Waals surface area contributed by atoms with Gasteiger partial charge in [-0.2, -0.15) is 0 Å². The molecule has 0 aromatic heterocycles. The van der Waals surface area contributed by atoms with E-state index in [-0.39, 0.29) is 55.0 Å². The summed E-state index contributed by atoms with van der Waals surface area (Å²) in [5.41, 5.74) is 0.825. The highest BCUT2D eigenvalue weighted by atomic mass is 16.5. The van der Waals surface area contributed by atoms with E-state index in [9.17, 15) is 19.2 Å². The van der Waals surface area contributed by atoms with Crippen LogP contribution in [-0.4, -0.2) is 60.2 Å². The van der Waals surface area contributed by atoms with Gasteiger partial charge in [0, 0.05) is 26.6 Å². The average molecular weight is 442 g/mol. The molecule has 8 nitrogen and oxygen atoms in total. The van der Waals surface area contributed by atoms with Gasteiger partial charge in [0.05, 0.1) is 18.9 Å². The molecule has 1 aliphatic carbocycles. The van der Waals surface area contributed by atoms with Crippen molar-refractivity contribution in [3.05, 3.63) is 42.0 Å². The second-order valence-corrected chi connectivity index (χ2v) is 8.15. The number of nitrogens with zero attached hydrogens (tertiary/aromatic N) is 2. The van der Waals surface area contributed by atoms with E-state index in [0.717, 1.165) is 5.56 Å². The normalized spacial score (nSPS) is 20.7. The van der Waals surface area contributed by atoms with Gasteiger partial charge >= 0.3 is 0 Å². The van der Waals surface area contributed by atoms with Crippen molar-refractivity contribution < 1.29 is 23.9 Å². The summed E-state index contributed by atoms with van der Waals surface area (Å²) in [7, 11) is 3.11. The summed E-state index contributed by atoms with van der Waals surface area (Å²) >= 11 is 0. The number of methoxy groups -OCH3 is 1. The lowest BCUT2D eigenvalue weighted by molar-refractivity contribution is -0.144. The van der Waals surface area contributed by atoms with Gasteiger partial charge in [-0.15, -0.1) is 0 Å². The Hall–Kier alpha value is -3.16. The Morgan fingerprint density at radius 2 is 1.84 bits per heavy atom. The van der Waals surface area contributed by atoms with Crippen LogP contribution in [0.2, 0.25) is 0 Å². The van der Waals surface area contributed by atoms with Crippen LogP contribution in [0.4, 0.5) is 0 Å². The Balaban J connectivity index is 1.75. The first-order chi connectivity index (χ1) is 15.4. The molecule has 2 aliphatic rings. The standard InChI is InChI=1S/C24H31N3O5/c1-4-20(22(29)25-2)27(15-16-8-7-9-17(14-16)32-3)21(28)12-13-26-23(30)18-10-5-6-11-19(18)24(26)31/h5-9,14,18-20H,4,10-13,15H2,1-3H3,(H,25,29)/t18-,19+,20-/m1/s1.